The molecule has 0 spiro atoms. The summed E-state index contributed by atoms with van der Waals surface area (Å²) in [7, 11) is 1.98. The van der Waals surface area contributed by atoms with E-state index in [2.05, 4.69) is 59.2 Å². The van der Waals surface area contributed by atoms with Crippen LogP contribution in [-0.4, -0.2) is 33.5 Å². The van der Waals surface area contributed by atoms with Gasteiger partial charge in [-0.3, -0.25) is 5.32 Å². The second kappa shape index (κ2) is 10.7. The van der Waals surface area contributed by atoms with Crippen molar-refractivity contribution < 1.29 is 9.47 Å². The molecule has 0 aromatic heterocycles. The van der Waals surface area contributed by atoms with Crippen LogP contribution < -0.4 is 15.4 Å². The van der Waals surface area contributed by atoms with Gasteiger partial charge in [0, 0.05) is 19.0 Å². The maximum atomic E-state index is 5.82. The van der Waals surface area contributed by atoms with E-state index in [1.807, 2.05) is 31.3 Å². The number of rotatable bonds is 11. The molecule has 0 bridgehead atoms. The van der Waals surface area contributed by atoms with Gasteiger partial charge < -0.3 is 14.8 Å². The van der Waals surface area contributed by atoms with E-state index in [0.717, 1.165) is 18.7 Å². The molecule has 0 radical (unpaired) electrons. The van der Waals surface area contributed by atoms with Crippen molar-refractivity contribution in [3.63, 3.8) is 0 Å². The van der Waals surface area contributed by atoms with E-state index in [-0.39, 0.29) is 6.04 Å². The summed E-state index contributed by atoms with van der Waals surface area (Å²) in [6.07, 6.45) is 0.864. The van der Waals surface area contributed by atoms with E-state index in [0.29, 0.717) is 19.9 Å². The number of hydrogen-bond donors (Lipinski definition) is 2. The molecule has 1 atom stereocenters. The van der Waals surface area contributed by atoms with Gasteiger partial charge >= 0.3 is 0 Å². The van der Waals surface area contributed by atoms with E-state index >= 15 is 0 Å². The maximum absolute atomic E-state index is 5.82. The molecular formula is C23H28N2O2. The number of likely N-dealkylation sites (N-methyl/N-ethyl adjacent to an activating group) is 1. The van der Waals surface area contributed by atoms with Gasteiger partial charge in [0.05, 0.1) is 19.9 Å². The van der Waals surface area contributed by atoms with Crippen molar-refractivity contribution in [1.82, 2.24) is 10.6 Å². The first kappa shape index (κ1) is 19.4. The van der Waals surface area contributed by atoms with Crippen LogP contribution in [-0.2, 0) is 4.74 Å². The molecule has 0 saturated heterocycles. The van der Waals surface area contributed by atoms with Crippen LogP contribution in [0.2, 0.25) is 0 Å². The zero-order valence-corrected chi connectivity index (χ0v) is 15.9. The van der Waals surface area contributed by atoms with Crippen LogP contribution in [0.4, 0.5) is 0 Å². The fourth-order valence-electron chi connectivity index (χ4n) is 3.03. The van der Waals surface area contributed by atoms with Crippen LogP contribution >= 0.6 is 0 Å². The molecule has 0 amide bonds. The minimum atomic E-state index is 0.283. The molecule has 142 valence electrons. The molecule has 0 aliphatic carbocycles. The molecule has 27 heavy (non-hydrogen) atoms. The average molecular weight is 364 g/mol. The summed E-state index contributed by atoms with van der Waals surface area (Å²) >= 11 is 0. The number of nitrogens with one attached hydrogen (secondary N) is 2. The summed E-state index contributed by atoms with van der Waals surface area (Å²) in [6, 6.07) is 25.2. The van der Waals surface area contributed by atoms with Crippen molar-refractivity contribution in [2.45, 2.75) is 12.5 Å². The molecule has 4 nitrogen and oxygen atoms in total. The third kappa shape index (κ3) is 6.07. The van der Waals surface area contributed by atoms with Crippen LogP contribution in [0.5, 0.6) is 5.75 Å². The van der Waals surface area contributed by atoms with Gasteiger partial charge in [-0.15, -0.1) is 0 Å². The largest absolute Gasteiger partial charge is 0.493 e. The number of benzene rings is 3. The Bertz CT molecular complexity index is 808. The number of ether oxygens (including phenoxy) is 2. The van der Waals surface area contributed by atoms with Crippen molar-refractivity contribution in [1.29, 1.82) is 0 Å². The molecule has 0 fully saturated rings. The molecule has 0 saturated carbocycles. The van der Waals surface area contributed by atoms with Gasteiger partial charge in [-0.05, 0) is 35.5 Å². The minimum absolute atomic E-state index is 0.283. The Morgan fingerprint density at radius 3 is 2.44 bits per heavy atom. The third-order valence-electron chi connectivity index (χ3n) is 4.53. The van der Waals surface area contributed by atoms with Gasteiger partial charge in [0.15, 0.2) is 0 Å². The lowest BCUT2D eigenvalue weighted by atomic mass is 10.1. The van der Waals surface area contributed by atoms with Crippen LogP contribution in [0.25, 0.3) is 10.8 Å². The van der Waals surface area contributed by atoms with E-state index in [1.165, 1.54) is 16.3 Å². The molecule has 3 aromatic carbocycles. The van der Waals surface area contributed by atoms with Gasteiger partial charge in [0.25, 0.3) is 0 Å². The second-order valence-electron chi connectivity index (χ2n) is 6.47. The zero-order valence-electron chi connectivity index (χ0n) is 15.9. The molecule has 1 unspecified atom stereocenters. The smallest absolute Gasteiger partial charge is 0.119 e. The van der Waals surface area contributed by atoms with Gasteiger partial charge in [-0.2, -0.15) is 0 Å². The Morgan fingerprint density at radius 2 is 1.63 bits per heavy atom. The molecule has 0 aliphatic heterocycles. The second-order valence-corrected chi connectivity index (χ2v) is 6.47. The molecular weight excluding hydrogens is 336 g/mol. The van der Waals surface area contributed by atoms with E-state index in [9.17, 15) is 0 Å². The minimum Gasteiger partial charge on any atom is -0.493 e. The van der Waals surface area contributed by atoms with Crippen LogP contribution in [0, 0.1) is 0 Å². The van der Waals surface area contributed by atoms with Crippen LogP contribution in [0.15, 0.2) is 72.8 Å². The maximum Gasteiger partial charge on any atom is 0.119 e. The predicted molar refractivity (Wildman–Crippen MR) is 111 cm³/mol. The number of fused-ring (bicyclic) bond motifs is 1. The lowest BCUT2D eigenvalue weighted by Gasteiger charge is -2.17. The highest BCUT2D eigenvalue weighted by atomic mass is 16.5. The highest BCUT2D eigenvalue weighted by Crippen LogP contribution is 2.20. The van der Waals surface area contributed by atoms with Gasteiger partial charge in [0.1, 0.15) is 5.75 Å². The molecule has 2 N–H and O–H groups in total. The van der Waals surface area contributed by atoms with E-state index in [1.54, 1.807) is 0 Å². The Morgan fingerprint density at radius 1 is 0.852 bits per heavy atom. The Hall–Kier alpha value is -2.40. The normalized spacial score (nSPS) is 12.2. The quantitative estimate of drug-likeness (QED) is 0.396. The summed E-state index contributed by atoms with van der Waals surface area (Å²) in [6.45, 7) is 2.70. The van der Waals surface area contributed by atoms with Crippen molar-refractivity contribution in [2.24, 2.45) is 0 Å². The number of hydrogen-bond acceptors (Lipinski definition) is 4. The van der Waals surface area contributed by atoms with Gasteiger partial charge in [-0.1, -0.05) is 60.7 Å². The first-order valence-corrected chi connectivity index (χ1v) is 9.49. The van der Waals surface area contributed by atoms with Crippen LogP contribution in [0.3, 0.4) is 0 Å². The summed E-state index contributed by atoms with van der Waals surface area (Å²) in [5.74, 6) is 0.909. The van der Waals surface area contributed by atoms with Gasteiger partial charge in [-0.25, -0.2) is 0 Å². The third-order valence-corrected chi connectivity index (χ3v) is 4.53. The Kier molecular flexibility index (Phi) is 7.66. The van der Waals surface area contributed by atoms with Crippen molar-refractivity contribution in [2.75, 3.05) is 33.5 Å². The SMILES string of the molecule is CNC(CNCOCCCOc1ccc2ccccc2c1)c1ccccc1. The molecule has 0 heterocycles. The molecule has 3 aromatic rings. The first-order valence-electron chi connectivity index (χ1n) is 9.49. The summed E-state index contributed by atoms with van der Waals surface area (Å²) in [5, 5.41) is 9.09. The Labute approximate surface area is 161 Å². The average Bonchev–Trinajstić information content (AvgIpc) is 2.73. The summed E-state index contributed by atoms with van der Waals surface area (Å²) < 4.78 is 11.5. The van der Waals surface area contributed by atoms with Crippen molar-refractivity contribution >= 4 is 10.8 Å². The van der Waals surface area contributed by atoms with E-state index in [4.69, 9.17) is 9.47 Å². The molecule has 4 heteroatoms. The van der Waals surface area contributed by atoms with Gasteiger partial charge in [0.2, 0.25) is 0 Å². The lowest BCUT2D eigenvalue weighted by Crippen LogP contribution is -2.31. The standard InChI is InChI=1S/C23H28N2O2/c1-24-23(20-9-3-2-4-10-20)17-25-18-26-14-7-15-27-22-13-12-19-8-5-6-11-21(19)16-22/h2-6,8-13,16,23-25H,7,14-15,17-18H2,1H3. The Balaban J connectivity index is 1.28. The first-order chi connectivity index (χ1) is 13.4. The van der Waals surface area contributed by atoms with Crippen molar-refractivity contribution in [3.05, 3.63) is 78.4 Å². The van der Waals surface area contributed by atoms with Crippen LogP contribution in [0.1, 0.15) is 18.0 Å². The predicted octanol–water partition coefficient (Wildman–Crippen LogP) is 4.13. The molecule has 3 rings (SSSR count). The fraction of sp³-hybridized carbons (Fsp3) is 0.304. The zero-order chi connectivity index (χ0) is 18.7. The van der Waals surface area contributed by atoms with E-state index < -0.39 is 0 Å². The topological polar surface area (TPSA) is 42.5 Å². The summed E-state index contributed by atoms with van der Waals surface area (Å²) in [5.41, 5.74) is 1.27. The van der Waals surface area contributed by atoms with Crippen molar-refractivity contribution in [3.8, 4) is 5.75 Å². The lowest BCUT2D eigenvalue weighted by molar-refractivity contribution is 0.102. The monoisotopic (exact) mass is 364 g/mol. The molecule has 0 aliphatic rings. The highest BCUT2D eigenvalue weighted by molar-refractivity contribution is 5.83. The fourth-order valence-corrected chi connectivity index (χ4v) is 3.03. The summed E-state index contributed by atoms with van der Waals surface area (Å²) in [4.78, 5) is 0. The highest BCUT2D eigenvalue weighted by Gasteiger charge is 2.07.